The molecule has 5 nitrogen and oxygen atoms in total. The average Bonchev–Trinajstić information content (AvgIpc) is 2.64. The number of amides is 1. The minimum Gasteiger partial charge on any atom is -0.355 e. The lowest BCUT2D eigenvalue weighted by atomic mass is 9.75. The van der Waals surface area contributed by atoms with E-state index in [4.69, 9.17) is 16.7 Å². The largest absolute Gasteiger partial charge is 0.355 e. The van der Waals surface area contributed by atoms with Crippen molar-refractivity contribution in [1.82, 2.24) is 5.32 Å². The van der Waals surface area contributed by atoms with Gasteiger partial charge in [-0.3, -0.25) is 4.79 Å². The molecule has 2 rings (SSSR count). The molecular formula is C20H25ClN2O3S. The van der Waals surface area contributed by atoms with Gasteiger partial charge in [0.05, 0.1) is 10.3 Å². The normalized spacial score (nSPS) is 12.0. The number of primary sulfonamides is 1. The molecule has 0 aliphatic rings. The van der Waals surface area contributed by atoms with Crippen LogP contribution in [0.1, 0.15) is 37.8 Å². The Hall–Kier alpha value is -1.89. The zero-order valence-electron chi connectivity index (χ0n) is 15.5. The molecule has 2 aromatic carbocycles. The monoisotopic (exact) mass is 408 g/mol. The van der Waals surface area contributed by atoms with E-state index in [0.29, 0.717) is 30.8 Å². The number of hydrogen-bond donors (Lipinski definition) is 2. The van der Waals surface area contributed by atoms with E-state index in [9.17, 15) is 13.2 Å². The van der Waals surface area contributed by atoms with E-state index in [-0.39, 0.29) is 10.8 Å². The molecule has 0 aliphatic heterocycles. The molecule has 0 fully saturated rings. The maximum Gasteiger partial charge on any atom is 0.238 e. The highest BCUT2D eigenvalue weighted by atomic mass is 35.5. The van der Waals surface area contributed by atoms with E-state index in [2.05, 4.69) is 5.32 Å². The molecule has 0 atom stereocenters. The van der Waals surface area contributed by atoms with E-state index in [1.807, 2.05) is 26.0 Å². The van der Waals surface area contributed by atoms with E-state index in [0.717, 1.165) is 11.1 Å². The first-order valence-electron chi connectivity index (χ1n) is 8.89. The third-order valence-corrected chi connectivity index (χ3v) is 6.17. The molecule has 27 heavy (non-hydrogen) atoms. The molecule has 3 N–H and O–H groups in total. The molecule has 2 aromatic rings. The van der Waals surface area contributed by atoms with Crippen LogP contribution in [0.15, 0.2) is 53.4 Å². The lowest BCUT2D eigenvalue weighted by Crippen LogP contribution is -2.44. The summed E-state index contributed by atoms with van der Waals surface area (Å²) in [6.45, 7) is 4.47. The van der Waals surface area contributed by atoms with Gasteiger partial charge in [0.25, 0.3) is 0 Å². The molecule has 0 heterocycles. The molecule has 0 bridgehead atoms. The quantitative estimate of drug-likeness (QED) is 0.701. The Morgan fingerprint density at radius 1 is 1.04 bits per heavy atom. The maximum absolute atomic E-state index is 12.9. The van der Waals surface area contributed by atoms with Crippen LogP contribution in [0.5, 0.6) is 0 Å². The van der Waals surface area contributed by atoms with Crippen LogP contribution in [0.2, 0.25) is 5.02 Å². The van der Waals surface area contributed by atoms with E-state index in [1.165, 1.54) is 12.1 Å². The van der Waals surface area contributed by atoms with Crippen molar-refractivity contribution >= 4 is 27.5 Å². The first-order chi connectivity index (χ1) is 12.7. The van der Waals surface area contributed by atoms with Crippen LogP contribution in [0.4, 0.5) is 0 Å². The van der Waals surface area contributed by atoms with Crippen molar-refractivity contribution in [2.45, 2.75) is 43.4 Å². The summed E-state index contributed by atoms with van der Waals surface area (Å²) in [5, 5.41) is 8.76. The third kappa shape index (κ3) is 5.09. The van der Waals surface area contributed by atoms with Gasteiger partial charge in [0.15, 0.2) is 0 Å². The number of carbonyl (C=O) groups excluding carboxylic acids is 1. The fourth-order valence-electron chi connectivity index (χ4n) is 3.21. The molecule has 0 spiro atoms. The van der Waals surface area contributed by atoms with Crippen molar-refractivity contribution in [2.24, 2.45) is 5.14 Å². The fraction of sp³-hybridized carbons (Fsp3) is 0.350. The molecule has 7 heteroatoms. The Bertz CT molecular complexity index is 874. The zero-order valence-corrected chi connectivity index (χ0v) is 17.1. The summed E-state index contributed by atoms with van der Waals surface area (Å²) in [4.78, 5) is 13.0. The van der Waals surface area contributed by atoms with Gasteiger partial charge < -0.3 is 5.32 Å². The van der Waals surface area contributed by atoms with E-state index < -0.39 is 15.4 Å². The average molecular weight is 409 g/mol. The van der Waals surface area contributed by atoms with Crippen LogP contribution < -0.4 is 10.5 Å². The third-order valence-electron chi connectivity index (χ3n) is 4.99. The molecule has 0 aliphatic carbocycles. The molecule has 0 saturated heterocycles. The van der Waals surface area contributed by atoms with Crippen molar-refractivity contribution < 1.29 is 13.2 Å². The van der Waals surface area contributed by atoms with Gasteiger partial charge in [0.1, 0.15) is 0 Å². The molecule has 0 aromatic heterocycles. The summed E-state index contributed by atoms with van der Waals surface area (Å²) in [7, 11) is -3.69. The highest BCUT2D eigenvalue weighted by molar-refractivity contribution is 7.89. The summed E-state index contributed by atoms with van der Waals surface area (Å²) in [5.41, 5.74) is 1.28. The zero-order chi connectivity index (χ0) is 20.1. The van der Waals surface area contributed by atoms with Crippen LogP contribution in [-0.4, -0.2) is 20.9 Å². The predicted octanol–water partition coefficient (Wildman–Crippen LogP) is 3.40. The van der Waals surface area contributed by atoms with Gasteiger partial charge >= 0.3 is 0 Å². The number of benzene rings is 2. The summed E-state index contributed by atoms with van der Waals surface area (Å²) in [6, 6.07) is 13.8. The number of rotatable bonds is 8. The lowest BCUT2D eigenvalue weighted by Gasteiger charge is -2.31. The summed E-state index contributed by atoms with van der Waals surface area (Å²) < 4.78 is 22.6. The highest BCUT2D eigenvalue weighted by Crippen LogP contribution is 2.32. The Labute approximate surface area is 166 Å². The first-order valence-corrected chi connectivity index (χ1v) is 10.8. The second-order valence-corrected chi connectivity index (χ2v) is 8.49. The summed E-state index contributed by atoms with van der Waals surface area (Å²) >= 11 is 5.97. The number of carbonyl (C=O) groups is 1. The molecule has 146 valence electrons. The standard InChI is InChI=1S/C20H25ClN2O3S/c1-3-20(4-2,16-7-9-17(21)10-8-16)19(24)23-14-13-15-5-11-18(12-6-15)27(22,25)26/h5-12H,3-4,13-14H2,1-2H3,(H,23,24)(H2,22,25,26). The van der Waals surface area contributed by atoms with E-state index >= 15 is 0 Å². The molecule has 0 unspecified atom stereocenters. The maximum atomic E-state index is 12.9. The number of nitrogens with two attached hydrogens (primary N) is 1. The smallest absolute Gasteiger partial charge is 0.238 e. The summed E-state index contributed by atoms with van der Waals surface area (Å²) in [5.74, 6) is -0.0176. The van der Waals surface area contributed by atoms with E-state index in [1.54, 1.807) is 24.3 Å². The van der Waals surface area contributed by atoms with Crippen molar-refractivity contribution in [1.29, 1.82) is 0 Å². The van der Waals surface area contributed by atoms with Gasteiger partial charge in [-0.25, -0.2) is 13.6 Å². The van der Waals surface area contributed by atoms with Crippen LogP contribution >= 0.6 is 11.6 Å². The Balaban J connectivity index is 2.05. The molecular weight excluding hydrogens is 384 g/mol. The van der Waals surface area contributed by atoms with Crippen LogP contribution in [0.3, 0.4) is 0 Å². The van der Waals surface area contributed by atoms with Crippen LogP contribution in [0.25, 0.3) is 0 Å². The SMILES string of the molecule is CCC(CC)(C(=O)NCCc1ccc(S(N)(=O)=O)cc1)c1ccc(Cl)cc1. The van der Waals surface area contributed by atoms with Gasteiger partial charge in [-0.1, -0.05) is 49.7 Å². The first kappa shape index (κ1) is 21.4. The van der Waals surface area contributed by atoms with Gasteiger partial charge in [-0.05, 0) is 54.7 Å². The van der Waals surface area contributed by atoms with Crippen LogP contribution in [0, 0.1) is 0 Å². The Morgan fingerprint density at radius 2 is 1.59 bits per heavy atom. The topological polar surface area (TPSA) is 89.3 Å². The number of halogens is 1. The van der Waals surface area contributed by atoms with Gasteiger partial charge in [-0.2, -0.15) is 0 Å². The van der Waals surface area contributed by atoms with Gasteiger partial charge in [0, 0.05) is 11.6 Å². The molecule has 0 saturated carbocycles. The van der Waals surface area contributed by atoms with Crippen LogP contribution in [-0.2, 0) is 26.7 Å². The Morgan fingerprint density at radius 3 is 2.07 bits per heavy atom. The van der Waals surface area contributed by atoms with Crippen molar-refractivity contribution in [3.63, 3.8) is 0 Å². The van der Waals surface area contributed by atoms with Crippen molar-refractivity contribution in [2.75, 3.05) is 6.54 Å². The number of sulfonamides is 1. The predicted molar refractivity (Wildman–Crippen MR) is 108 cm³/mol. The minimum atomic E-state index is -3.69. The summed E-state index contributed by atoms with van der Waals surface area (Å²) in [6.07, 6.45) is 1.96. The number of hydrogen-bond acceptors (Lipinski definition) is 3. The minimum absolute atomic E-state index is 0.0176. The van der Waals surface area contributed by atoms with Crippen molar-refractivity contribution in [3.05, 3.63) is 64.7 Å². The molecule has 0 radical (unpaired) electrons. The second-order valence-electron chi connectivity index (χ2n) is 6.49. The van der Waals surface area contributed by atoms with Gasteiger partial charge in [-0.15, -0.1) is 0 Å². The Kier molecular flexibility index (Phi) is 7.03. The number of nitrogens with one attached hydrogen (secondary N) is 1. The van der Waals surface area contributed by atoms with Gasteiger partial charge in [0.2, 0.25) is 15.9 Å². The fourth-order valence-corrected chi connectivity index (χ4v) is 3.86. The second kappa shape index (κ2) is 8.87. The lowest BCUT2D eigenvalue weighted by molar-refractivity contribution is -0.127. The molecule has 1 amide bonds. The highest BCUT2D eigenvalue weighted by Gasteiger charge is 2.36. The van der Waals surface area contributed by atoms with Crippen molar-refractivity contribution in [3.8, 4) is 0 Å².